The van der Waals surface area contributed by atoms with Crippen molar-refractivity contribution in [2.24, 2.45) is 23.2 Å². The molecule has 2 heterocycles. The molecular weight excluding hydrogens is 813 g/mol. The van der Waals surface area contributed by atoms with Gasteiger partial charge in [-0.3, -0.25) is 20.0 Å². The largest absolute Gasteiger partial charge is 0.494 e. The Morgan fingerprint density at radius 2 is 1.17 bits per heavy atom. The van der Waals surface area contributed by atoms with E-state index in [0.717, 1.165) is 19.3 Å². The molecule has 2 aromatic carbocycles. The summed E-state index contributed by atoms with van der Waals surface area (Å²) in [4.78, 5) is 24.6. The zero-order valence-electron chi connectivity index (χ0n) is 36.0. The maximum Gasteiger partial charge on any atom is 0.265 e. The van der Waals surface area contributed by atoms with E-state index < -0.39 is 41.0 Å². The molecule has 2 aromatic rings. The van der Waals surface area contributed by atoms with E-state index in [1.54, 1.807) is 24.3 Å². The Morgan fingerprint density at radius 1 is 0.733 bits per heavy atom. The highest BCUT2D eigenvalue weighted by Crippen LogP contribution is 2.59. The summed E-state index contributed by atoms with van der Waals surface area (Å²) in [6.45, 7) is 16.7. The van der Waals surface area contributed by atoms with Gasteiger partial charge in [0.05, 0.1) is 23.0 Å². The first-order valence-corrected chi connectivity index (χ1v) is 23.5. The molecule has 2 aliphatic heterocycles. The predicted molar refractivity (Wildman–Crippen MR) is 226 cm³/mol. The number of allylic oxidation sites excluding steroid dienone is 4. The standard InChI is InChI=1S/C22H31NO6S.C22H33NO6S/c1-15(2)13-18-19(21(18,3)4)14-29-16-5-7-17(8-6-16)30(26,27)22(20(24)23-25)9-11-28-12-10-22;1-17(2)5-4-6-18(3)11-14-29-19-7-9-20(10-8-19)30(26,27)22(21(24)23-25)12-15-28-16-13-22/h5-8,13,18-19,25H,9-12,14H2,1-4H3,(H,23,24);5,7-10,18,25H,4,6,11-16H2,1-3H3,(H,23,24). The summed E-state index contributed by atoms with van der Waals surface area (Å²) in [6, 6.07) is 12.2. The molecular formula is C44H64N2O12S2. The lowest BCUT2D eigenvalue weighted by atomic mass is 9.98. The molecule has 3 fully saturated rings. The molecule has 1 saturated carbocycles. The average molecular weight is 877 g/mol. The van der Waals surface area contributed by atoms with Crippen LogP contribution in [-0.4, -0.2) is 88.2 Å². The topological polar surface area (TPSA) is 204 Å². The monoisotopic (exact) mass is 876 g/mol. The third-order valence-corrected chi connectivity index (χ3v) is 17.1. The van der Waals surface area contributed by atoms with Crippen LogP contribution in [0, 0.1) is 23.2 Å². The molecule has 3 unspecified atom stereocenters. The zero-order chi connectivity index (χ0) is 44.4. The normalized spacial score (nSPS) is 20.8. The van der Waals surface area contributed by atoms with Crippen molar-refractivity contribution >= 4 is 31.5 Å². The van der Waals surface area contributed by atoms with Crippen LogP contribution < -0.4 is 20.4 Å². The van der Waals surface area contributed by atoms with Gasteiger partial charge in [0.1, 0.15) is 11.5 Å². The molecule has 0 spiro atoms. The Hall–Kier alpha value is -3.80. The van der Waals surface area contributed by atoms with Gasteiger partial charge in [0.15, 0.2) is 29.2 Å². The van der Waals surface area contributed by atoms with E-state index in [2.05, 4.69) is 60.6 Å². The lowest BCUT2D eigenvalue weighted by molar-refractivity contribution is -0.135. The second-order valence-corrected chi connectivity index (χ2v) is 21.7. The minimum atomic E-state index is -4.03. The van der Waals surface area contributed by atoms with Crippen molar-refractivity contribution in [1.82, 2.24) is 11.0 Å². The third-order valence-electron chi connectivity index (χ3n) is 12.1. The molecule has 3 atom stereocenters. The summed E-state index contributed by atoms with van der Waals surface area (Å²) in [6.07, 6.45) is 7.55. The van der Waals surface area contributed by atoms with Gasteiger partial charge in [0, 0.05) is 32.3 Å². The zero-order valence-corrected chi connectivity index (χ0v) is 37.6. The Bertz CT molecular complexity index is 2030. The van der Waals surface area contributed by atoms with Gasteiger partial charge in [-0.2, -0.15) is 0 Å². The van der Waals surface area contributed by atoms with E-state index >= 15 is 0 Å². The predicted octanol–water partition coefficient (Wildman–Crippen LogP) is 6.80. The van der Waals surface area contributed by atoms with E-state index in [-0.39, 0.29) is 67.3 Å². The summed E-state index contributed by atoms with van der Waals surface area (Å²) in [7, 11) is -8.04. The minimum absolute atomic E-state index is 0.00931. The van der Waals surface area contributed by atoms with Crippen molar-refractivity contribution in [2.75, 3.05) is 39.6 Å². The molecule has 1 aliphatic carbocycles. The molecule has 2 amide bonds. The molecule has 0 aromatic heterocycles. The van der Waals surface area contributed by atoms with Crippen LogP contribution in [0.3, 0.4) is 0 Å². The first-order valence-electron chi connectivity index (χ1n) is 20.6. The highest BCUT2D eigenvalue weighted by atomic mass is 32.2. The summed E-state index contributed by atoms with van der Waals surface area (Å²) in [5.41, 5.74) is 5.85. The number of amides is 2. The van der Waals surface area contributed by atoms with Gasteiger partial charge in [-0.1, -0.05) is 44.1 Å². The van der Waals surface area contributed by atoms with Crippen LogP contribution in [-0.2, 0) is 38.7 Å². The second kappa shape index (κ2) is 20.8. The van der Waals surface area contributed by atoms with Crippen molar-refractivity contribution in [1.29, 1.82) is 0 Å². The van der Waals surface area contributed by atoms with Gasteiger partial charge in [-0.05, 0) is 138 Å². The van der Waals surface area contributed by atoms with E-state index in [9.17, 15) is 26.4 Å². The van der Waals surface area contributed by atoms with Crippen molar-refractivity contribution in [3.05, 3.63) is 71.8 Å². The fourth-order valence-electron chi connectivity index (χ4n) is 7.88. The molecule has 3 aliphatic rings. The van der Waals surface area contributed by atoms with Gasteiger partial charge < -0.3 is 18.9 Å². The minimum Gasteiger partial charge on any atom is -0.494 e. The Kier molecular flexibility index (Phi) is 17.0. The summed E-state index contributed by atoms with van der Waals surface area (Å²) >= 11 is 0. The highest BCUT2D eigenvalue weighted by molar-refractivity contribution is 7.94. The number of nitrogens with one attached hydrogen (secondary N) is 2. The van der Waals surface area contributed by atoms with Gasteiger partial charge in [-0.15, -0.1) is 0 Å². The van der Waals surface area contributed by atoms with Crippen LogP contribution in [0.1, 0.15) is 93.4 Å². The van der Waals surface area contributed by atoms with E-state index in [1.807, 2.05) is 0 Å². The summed E-state index contributed by atoms with van der Waals surface area (Å²) < 4.78 is 71.6. The Balaban J connectivity index is 0.000000265. The Morgan fingerprint density at radius 3 is 1.57 bits per heavy atom. The average Bonchev–Trinajstić information content (AvgIpc) is 3.75. The molecule has 60 heavy (non-hydrogen) atoms. The smallest absolute Gasteiger partial charge is 0.265 e. The molecule has 4 N–H and O–H groups in total. The van der Waals surface area contributed by atoms with Crippen LogP contribution in [0.2, 0.25) is 0 Å². The van der Waals surface area contributed by atoms with Crippen LogP contribution in [0.15, 0.2) is 81.6 Å². The van der Waals surface area contributed by atoms with Crippen LogP contribution in [0.25, 0.3) is 0 Å². The number of sulfone groups is 2. The van der Waals surface area contributed by atoms with Crippen molar-refractivity contribution in [3.63, 3.8) is 0 Å². The fraction of sp³-hybridized carbons (Fsp3) is 0.591. The molecule has 0 bridgehead atoms. The van der Waals surface area contributed by atoms with Gasteiger partial charge in [-0.25, -0.2) is 27.8 Å². The van der Waals surface area contributed by atoms with Gasteiger partial charge in [0.2, 0.25) is 0 Å². The van der Waals surface area contributed by atoms with Crippen molar-refractivity contribution in [3.8, 4) is 11.5 Å². The van der Waals surface area contributed by atoms with E-state index in [1.165, 1.54) is 46.4 Å². The summed E-state index contributed by atoms with van der Waals surface area (Å²) in [5.74, 6) is 0.742. The van der Waals surface area contributed by atoms with Gasteiger partial charge >= 0.3 is 0 Å². The third kappa shape index (κ3) is 11.2. The first kappa shape index (κ1) is 48.9. The number of ether oxygens (including phenoxy) is 4. The number of hydrogen-bond acceptors (Lipinski definition) is 12. The number of carbonyl (C=O) groups excluding carboxylic acids is 2. The maximum atomic E-state index is 13.3. The van der Waals surface area contributed by atoms with Gasteiger partial charge in [0.25, 0.3) is 11.8 Å². The van der Waals surface area contributed by atoms with Crippen molar-refractivity contribution < 1.29 is 55.8 Å². The molecule has 16 heteroatoms. The SMILES string of the molecule is CC(C)=CC1C(COc2ccc(S(=O)(=O)C3(C(=O)NO)CCOCC3)cc2)C1(C)C.CC(C)=CCCC(C)CCOc1ccc(S(=O)(=O)C2(C(=O)NO)CCOCC2)cc1. The molecule has 334 valence electrons. The van der Waals surface area contributed by atoms with Crippen molar-refractivity contribution in [2.45, 2.75) is 113 Å². The second-order valence-electron chi connectivity index (χ2n) is 17.2. The lowest BCUT2D eigenvalue weighted by Crippen LogP contribution is -2.54. The number of carbonyl (C=O) groups is 2. The fourth-order valence-corrected chi connectivity index (χ4v) is 11.8. The Labute approximate surface area is 355 Å². The van der Waals surface area contributed by atoms with Crippen LogP contribution >= 0.6 is 0 Å². The number of rotatable bonds is 17. The van der Waals surface area contributed by atoms with Crippen LogP contribution in [0.4, 0.5) is 0 Å². The van der Waals surface area contributed by atoms with E-state index in [0.29, 0.717) is 42.5 Å². The molecule has 5 rings (SSSR count). The number of hydrogen-bond donors (Lipinski definition) is 4. The highest BCUT2D eigenvalue weighted by Gasteiger charge is 2.57. The first-order chi connectivity index (χ1) is 28.3. The lowest BCUT2D eigenvalue weighted by Gasteiger charge is -2.34. The maximum absolute atomic E-state index is 13.3. The summed E-state index contributed by atoms with van der Waals surface area (Å²) in [5, 5.41) is 18.2. The quantitative estimate of drug-likeness (QED) is 0.0737. The number of benzene rings is 2. The molecule has 14 nitrogen and oxygen atoms in total. The van der Waals surface area contributed by atoms with Crippen LogP contribution in [0.5, 0.6) is 11.5 Å². The van der Waals surface area contributed by atoms with E-state index in [4.69, 9.17) is 29.4 Å². The number of hydroxylamine groups is 2. The molecule has 2 saturated heterocycles. The molecule has 0 radical (unpaired) electrons.